The second kappa shape index (κ2) is 4.98. The van der Waals surface area contributed by atoms with Crippen molar-refractivity contribution in [2.45, 2.75) is 0 Å². The van der Waals surface area contributed by atoms with Crippen molar-refractivity contribution in [1.82, 2.24) is 4.98 Å². The van der Waals surface area contributed by atoms with Gasteiger partial charge in [0.1, 0.15) is 11.5 Å². The van der Waals surface area contributed by atoms with Crippen molar-refractivity contribution in [3.8, 4) is 17.4 Å². The molecule has 0 amide bonds. The molecular weight excluding hydrogens is 238 g/mol. The molecule has 3 aromatic rings. The fourth-order valence-electron chi connectivity index (χ4n) is 1.92. The van der Waals surface area contributed by atoms with Crippen LogP contribution in [0.2, 0.25) is 0 Å². The molecule has 0 aliphatic carbocycles. The third-order valence-electron chi connectivity index (χ3n) is 2.88. The Kier molecular flexibility index (Phi) is 3.02. The zero-order valence-corrected chi connectivity index (χ0v) is 10.5. The van der Waals surface area contributed by atoms with Gasteiger partial charge in [-0.2, -0.15) is 0 Å². The number of aromatic nitrogens is 1. The van der Waals surface area contributed by atoms with Crippen molar-refractivity contribution < 1.29 is 9.47 Å². The van der Waals surface area contributed by atoms with Gasteiger partial charge in [-0.15, -0.1) is 0 Å². The average Bonchev–Trinajstić information content (AvgIpc) is 2.47. The number of rotatable bonds is 3. The third-order valence-corrected chi connectivity index (χ3v) is 2.88. The Labute approximate surface area is 111 Å². The summed E-state index contributed by atoms with van der Waals surface area (Å²) in [6, 6.07) is 17.5. The van der Waals surface area contributed by atoms with Crippen molar-refractivity contribution in [2.24, 2.45) is 0 Å². The number of benzene rings is 2. The van der Waals surface area contributed by atoms with E-state index in [1.54, 1.807) is 13.3 Å². The number of methoxy groups -OCH3 is 1. The summed E-state index contributed by atoms with van der Waals surface area (Å²) in [4.78, 5) is 4.14. The lowest BCUT2D eigenvalue weighted by molar-refractivity contribution is 0.415. The molecule has 2 aromatic carbocycles. The predicted molar refractivity (Wildman–Crippen MR) is 74.8 cm³/mol. The number of fused-ring (bicyclic) bond motifs is 1. The van der Waals surface area contributed by atoms with Crippen LogP contribution in [0.15, 0.2) is 60.8 Å². The first-order chi connectivity index (χ1) is 9.35. The molecule has 0 radical (unpaired) electrons. The van der Waals surface area contributed by atoms with Gasteiger partial charge in [-0.1, -0.05) is 18.2 Å². The van der Waals surface area contributed by atoms with Gasteiger partial charge in [-0.05, 0) is 41.1 Å². The fourth-order valence-corrected chi connectivity index (χ4v) is 1.92. The molecule has 0 unspecified atom stereocenters. The van der Waals surface area contributed by atoms with Crippen LogP contribution in [0.25, 0.3) is 10.8 Å². The molecule has 0 fully saturated rings. The van der Waals surface area contributed by atoms with Crippen LogP contribution in [0.1, 0.15) is 0 Å². The van der Waals surface area contributed by atoms with Crippen LogP contribution in [0, 0.1) is 0 Å². The maximum Gasteiger partial charge on any atom is 0.219 e. The van der Waals surface area contributed by atoms with Gasteiger partial charge >= 0.3 is 0 Å². The minimum absolute atomic E-state index is 0.588. The van der Waals surface area contributed by atoms with E-state index in [1.165, 1.54) is 0 Å². The second-order valence-electron chi connectivity index (χ2n) is 4.14. The fraction of sp³-hybridized carbons (Fsp3) is 0.0625. The molecule has 0 saturated carbocycles. The molecule has 0 N–H and O–H groups in total. The Morgan fingerprint density at radius 2 is 1.63 bits per heavy atom. The molecule has 0 bridgehead atoms. The highest BCUT2D eigenvalue weighted by Gasteiger charge is 2.01. The van der Waals surface area contributed by atoms with Crippen LogP contribution in [-0.4, -0.2) is 12.1 Å². The maximum atomic E-state index is 5.71. The summed E-state index contributed by atoms with van der Waals surface area (Å²) in [5.41, 5.74) is 0. The van der Waals surface area contributed by atoms with Crippen molar-refractivity contribution in [1.29, 1.82) is 0 Å². The van der Waals surface area contributed by atoms with Gasteiger partial charge in [-0.3, -0.25) is 0 Å². The van der Waals surface area contributed by atoms with Crippen LogP contribution in [0.4, 0.5) is 0 Å². The second-order valence-corrected chi connectivity index (χ2v) is 4.14. The Bertz CT molecular complexity index is 695. The van der Waals surface area contributed by atoms with E-state index in [4.69, 9.17) is 9.47 Å². The van der Waals surface area contributed by atoms with Gasteiger partial charge in [0, 0.05) is 12.3 Å². The van der Waals surface area contributed by atoms with E-state index in [-0.39, 0.29) is 0 Å². The van der Waals surface area contributed by atoms with Gasteiger partial charge in [0.05, 0.1) is 7.11 Å². The summed E-state index contributed by atoms with van der Waals surface area (Å²) >= 11 is 0. The van der Waals surface area contributed by atoms with Gasteiger partial charge in [-0.25, -0.2) is 4.98 Å². The lowest BCUT2D eigenvalue weighted by Crippen LogP contribution is -1.87. The summed E-state index contributed by atoms with van der Waals surface area (Å²) in [6.07, 6.45) is 1.71. The summed E-state index contributed by atoms with van der Waals surface area (Å²) in [5.74, 6) is 2.19. The molecule has 0 atom stereocenters. The SMILES string of the molecule is COc1ccc2ccc(Oc3ccccn3)cc2c1. The Hall–Kier alpha value is -2.55. The van der Waals surface area contributed by atoms with Crippen molar-refractivity contribution >= 4 is 10.8 Å². The molecule has 1 aromatic heterocycles. The molecule has 3 rings (SSSR count). The van der Waals surface area contributed by atoms with Gasteiger partial charge < -0.3 is 9.47 Å². The smallest absolute Gasteiger partial charge is 0.219 e. The van der Waals surface area contributed by atoms with E-state index in [9.17, 15) is 0 Å². The first-order valence-electron chi connectivity index (χ1n) is 6.02. The highest BCUT2D eigenvalue weighted by Crippen LogP contribution is 2.27. The van der Waals surface area contributed by atoms with E-state index in [0.717, 1.165) is 22.3 Å². The first-order valence-corrected chi connectivity index (χ1v) is 6.02. The molecule has 3 nitrogen and oxygen atoms in total. The van der Waals surface area contributed by atoms with Crippen LogP contribution in [0.3, 0.4) is 0 Å². The van der Waals surface area contributed by atoms with Gasteiger partial charge in [0.15, 0.2) is 0 Å². The minimum Gasteiger partial charge on any atom is -0.497 e. The Morgan fingerprint density at radius 3 is 2.37 bits per heavy atom. The molecule has 1 heterocycles. The van der Waals surface area contributed by atoms with Crippen LogP contribution in [0.5, 0.6) is 17.4 Å². The molecule has 0 saturated heterocycles. The minimum atomic E-state index is 0.588. The predicted octanol–water partition coefficient (Wildman–Crippen LogP) is 4.04. The molecule has 0 aliphatic heterocycles. The summed E-state index contributed by atoms with van der Waals surface area (Å²) in [7, 11) is 1.66. The van der Waals surface area contributed by atoms with E-state index in [2.05, 4.69) is 4.98 Å². The van der Waals surface area contributed by atoms with Gasteiger partial charge in [0.2, 0.25) is 5.88 Å². The average molecular weight is 251 g/mol. The number of ether oxygens (including phenoxy) is 2. The number of hydrogen-bond acceptors (Lipinski definition) is 3. The molecule has 19 heavy (non-hydrogen) atoms. The van der Waals surface area contributed by atoms with E-state index in [1.807, 2.05) is 54.6 Å². The quantitative estimate of drug-likeness (QED) is 0.704. The molecular formula is C16H13NO2. The van der Waals surface area contributed by atoms with E-state index >= 15 is 0 Å². The Morgan fingerprint density at radius 1 is 0.842 bits per heavy atom. The highest BCUT2D eigenvalue weighted by molar-refractivity contribution is 5.85. The summed E-state index contributed by atoms with van der Waals surface area (Å²) in [6.45, 7) is 0. The number of pyridine rings is 1. The largest absolute Gasteiger partial charge is 0.497 e. The molecule has 94 valence electrons. The standard InChI is InChI=1S/C16H13NO2/c1-18-14-7-5-12-6-8-15(11-13(12)10-14)19-16-4-2-3-9-17-16/h2-11H,1H3. The number of hydrogen-bond donors (Lipinski definition) is 0. The topological polar surface area (TPSA) is 31.4 Å². The van der Waals surface area contributed by atoms with Crippen LogP contribution in [-0.2, 0) is 0 Å². The molecule has 3 heteroatoms. The van der Waals surface area contributed by atoms with Crippen molar-refractivity contribution in [3.63, 3.8) is 0 Å². The maximum absolute atomic E-state index is 5.71. The normalized spacial score (nSPS) is 10.4. The number of nitrogens with zero attached hydrogens (tertiary/aromatic N) is 1. The Balaban J connectivity index is 1.96. The van der Waals surface area contributed by atoms with E-state index in [0.29, 0.717) is 5.88 Å². The van der Waals surface area contributed by atoms with Crippen molar-refractivity contribution in [2.75, 3.05) is 7.11 Å². The zero-order chi connectivity index (χ0) is 13.1. The monoisotopic (exact) mass is 251 g/mol. The molecule has 0 aliphatic rings. The molecule has 0 spiro atoms. The van der Waals surface area contributed by atoms with E-state index < -0.39 is 0 Å². The lowest BCUT2D eigenvalue weighted by atomic mass is 10.1. The highest BCUT2D eigenvalue weighted by atomic mass is 16.5. The first kappa shape index (κ1) is 11.5. The zero-order valence-electron chi connectivity index (χ0n) is 10.5. The summed E-state index contributed by atoms with van der Waals surface area (Å²) in [5, 5.41) is 2.22. The lowest BCUT2D eigenvalue weighted by Gasteiger charge is -2.07. The van der Waals surface area contributed by atoms with Gasteiger partial charge in [0.25, 0.3) is 0 Å². The van der Waals surface area contributed by atoms with Crippen LogP contribution >= 0.6 is 0 Å². The third kappa shape index (κ3) is 2.50. The summed E-state index contributed by atoms with van der Waals surface area (Å²) < 4.78 is 10.9. The van der Waals surface area contributed by atoms with Crippen molar-refractivity contribution in [3.05, 3.63) is 60.8 Å². The van der Waals surface area contributed by atoms with Crippen LogP contribution < -0.4 is 9.47 Å².